The van der Waals surface area contributed by atoms with Gasteiger partial charge in [-0.2, -0.15) is 13.2 Å². The number of alkyl halides is 3. The van der Waals surface area contributed by atoms with Crippen LogP contribution in [0, 0.1) is 5.82 Å². The van der Waals surface area contributed by atoms with E-state index in [0.717, 1.165) is 12.1 Å². The second kappa shape index (κ2) is 6.55. The number of rotatable bonds is 6. The summed E-state index contributed by atoms with van der Waals surface area (Å²) in [7, 11) is 0. The zero-order chi connectivity index (χ0) is 13.6. The van der Waals surface area contributed by atoms with Crippen molar-refractivity contribution in [2.75, 3.05) is 19.8 Å². The van der Waals surface area contributed by atoms with Gasteiger partial charge in [0.15, 0.2) is 0 Å². The van der Waals surface area contributed by atoms with Gasteiger partial charge in [0.25, 0.3) is 0 Å². The average molecular weight is 267 g/mol. The van der Waals surface area contributed by atoms with Crippen LogP contribution >= 0.6 is 0 Å². The maximum atomic E-state index is 12.8. The molecular weight excluding hydrogens is 254 g/mol. The molecule has 0 unspecified atom stereocenters. The number of aromatic hydroxyl groups is 1. The second-order valence-corrected chi connectivity index (χ2v) is 3.62. The molecule has 1 rings (SSSR count). The van der Waals surface area contributed by atoms with Gasteiger partial charge in [0, 0.05) is 18.7 Å². The Bertz CT molecular complexity index is 382. The van der Waals surface area contributed by atoms with Gasteiger partial charge in [-0.25, -0.2) is 4.39 Å². The number of benzene rings is 1. The molecule has 0 saturated carbocycles. The number of ether oxygens (including phenoxy) is 1. The highest BCUT2D eigenvalue weighted by Crippen LogP contribution is 2.17. The lowest BCUT2D eigenvalue weighted by Gasteiger charge is -2.09. The first-order valence-corrected chi connectivity index (χ1v) is 5.21. The van der Waals surface area contributed by atoms with Gasteiger partial charge in [0.05, 0.1) is 6.61 Å². The standard InChI is InChI=1S/C11H13F4NO2/c12-9-1-2-10(17)8(5-9)6-16-3-4-18-7-11(13,14)15/h1-2,5,16-17H,3-4,6-7H2. The van der Waals surface area contributed by atoms with E-state index in [1.165, 1.54) is 6.07 Å². The third kappa shape index (κ3) is 5.83. The van der Waals surface area contributed by atoms with Crippen LogP contribution in [0.2, 0.25) is 0 Å². The Labute approximate surface area is 101 Å². The van der Waals surface area contributed by atoms with Crippen LogP contribution in [-0.4, -0.2) is 31.0 Å². The predicted molar refractivity (Wildman–Crippen MR) is 56.6 cm³/mol. The minimum absolute atomic E-state index is 0.0693. The molecule has 0 saturated heterocycles. The lowest BCUT2D eigenvalue weighted by Crippen LogP contribution is -2.23. The van der Waals surface area contributed by atoms with Crippen molar-refractivity contribution in [3.63, 3.8) is 0 Å². The second-order valence-electron chi connectivity index (χ2n) is 3.62. The summed E-state index contributed by atoms with van der Waals surface area (Å²) in [5.74, 6) is -0.557. The van der Waals surface area contributed by atoms with Crippen LogP contribution in [0.25, 0.3) is 0 Å². The van der Waals surface area contributed by atoms with Crippen LogP contribution in [0.1, 0.15) is 5.56 Å². The van der Waals surface area contributed by atoms with Crippen LogP contribution < -0.4 is 5.32 Å². The van der Waals surface area contributed by atoms with Gasteiger partial charge in [-0.15, -0.1) is 0 Å². The molecule has 0 spiro atoms. The molecule has 0 amide bonds. The normalized spacial score (nSPS) is 11.8. The highest BCUT2D eigenvalue weighted by atomic mass is 19.4. The molecular formula is C11H13F4NO2. The van der Waals surface area contributed by atoms with Crippen molar-refractivity contribution >= 4 is 0 Å². The molecule has 1 aromatic carbocycles. The molecule has 2 N–H and O–H groups in total. The van der Waals surface area contributed by atoms with Crippen molar-refractivity contribution in [1.82, 2.24) is 5.32 Å². The Kier molecular flexibility index (Phi) is 5.36. The summed E-state index contributed by atoms with van der Waals surface area (Å²) in [6, 6.07) is 3.48. The summed E-state index contributed by atoms with van der Waals surface area (Å²) < 4.78 is 52.3. The maximum Gasteiger partial charge on any atom is 0.411 e. The van der Waals surface area contributed by atoms with E-state index < -0.39 is 18.6 Å². The first-order chi connectivity index (χ1) is 8.38. The zero-order valence-electron chi connectivity index (χ0n) is 9.43. The highest BCUT2D eigenvalue weighted by Gasteiger charge is 2.27. The Morgan fingerprint density at radius 1 is 1.28 bits per heavy atom. The van der Waals surface area contributed by atoms with Gasteiger partial charge in [-0.05, 0) is 18.2 Å². The summed E-state index contributed by atoms with van der Waals surface area (Å²) in [6.07, 6.45) is -4.33. The monoisotopic (exact) mass is 267 g/mol. The van der Waals surface area contributed by atoms with E-state index in [2.05, 4.69) is 10.1 Å². The van der Waals surface area contributed by atoms with E-state index in [9.17, 15) is 22.7 Å². The van der Waals surface area contributed by atoms with Crippen LogP contribution in [0.4, 0.5) is 17.6 Å². The molecule has 0 aliphatic rings. The first kappa shape index (κ1) is 14.7. The maximum absolute atomic E-state index is 12.8. The van der Waals surface area contributed by atoms with Gasteiger partial charge >= 0.3 is 6.18 Å². The van der Waals surface area contributed by atoms with Crippen molar-refractivity contribution in [3.8, 4) is 5.75 Å². The number of nitrogens with one attached hydrogen (secondary N) is 1. The number of hydrogen-bond acceptors (Lipinski definition) is 3. The van der Waals surface area contributed by atoms with E-state index in [1.54, 1.807) is 0 Å². The Morgan fingerprint density at radius 3 is 2.67 bits per heavy atom. The molecule has 7 heteroatoms. The molecule has 0 bridgehead atoms. The summed E-state index contributed by atoms with van der Waals surface area (Å²) in [5.41, 5.74) is 0.339. The minimum atomic E-state index is -4.33. The van der Waals surface area contributed by atoms with Crippen LogP contribution in [0.5, 0.6) is 5.75 Å². The molecule has 102 valence electrons. The number of halogens is 4. The lowest BCUT2D eigenvalue weighted by molar-refractivity contribution is -0.173. The molecule has 0 aliphatic carbocycles. The summed E-state index contributed by atoms with van der Waals surface area (Å²) in [6.45, 7) is -1.08. The highest BCUT2D eigenvalue weighted by molar-refractivity contribution is 5.32. The van der Waals surface area contributed by atoms with Gasteiger partial charge in [-0.1, -0.05) is 0 Å². The van der Waals surface area contributed by atoms with Gasteiger partial charge in [0.1, 0.15) is 18.2 Å². The Morgan fingerprint density at radius 2 is 2.00 bits per heavy atom. The first-order valence-electron chi connectivity index (χ1n) is 5.21. The number of phenols is 1. The Balaban J connectivity index is 2.20. The number of phenolic OH excluding ortho intramolecular Hbond substituents is 1. The minimum Gasteiger partial charge on any atom is -0.508 e. The van der Waals surface area contributed by atoms with Gasteiger partial charge < -0.3 is 15.2 Å². The van der Waals surface area contributed by atoms with Crippen molar-refractivity contribution in [1.29, 1.82) is 0 Å². The third-order valence-electron chi connectivity index (χ3n) is 2.05. The summed E-state index contributed by atoms with van der Waals surface area (Å²) >= 11 is 0. The average Bonchev–Trinajstić information content (AvgIpc) is 2.26. The summed E-state index contributed by atoms with van der Waals surface area (Å²) in [5, 5.41) is 12.1. The van der Waals surface area contributed by atoms with E-state index in [1.807, 2.05) is 0 Å². The third-order valence-corrected chi connectivity index (χ3v) is 2.05. The summed E-state index contributed by atoms with van der Waals surface area (Å²) in [4.78, 5) is 0. The molecule has 0 heterocycles. The van der Waals surface area contributed by atoms with Crippen molar-refractivity contribution < 1.29 is 27.4 Å². The molecule has 0 fully saturated rings. The largest absolute Gasteiger partial charge is 0.508 e. The van der Waals surface area contributed by atoms with Crippen molar-refractivity contribution in [3.05, 3.63) is 29.6 Å². The molecule has 3 nitrogen and oxygen atoms in total. The molecule has 1 aromatic rings. The molecule has 0 aliphatic heterocycles. The molecule has 18 heavy (non-hydrogen) atoms. The van der Waals surface area contributed by atoms with Gasteiger partial charge in [-0.3, -0.25) is 0 Å². The SMILES string of the molecule is Oc1ccc(F)cc1CNCCOCC(F)(F)F. The van der Waals surface area contributed by atoms with Crippen molar-refractivity contribution in [2.24, 2.45) is 0 Å². The quantitative estimate of drug-likeness (QED) is 0.613. The van der Waals surface area contributed by atoms with E-state index in [-0.39, 0.29) is 25.4 Å². The molecule has 0 aromatic heterocycles. The molecule has 0 atom stereocenters. The molecule has 0 radical (unpaired) electrons. The van der Waals surface area contributed by atoms with Crippen molar-refractivity contribution in [2.45, 2.75) is 12.7 Å². The topological polar surface area (TPSA) is 41.5 Å². The smallest absolute Gasteiger partial charge is 0.411 e. The Hall–Kier alpha value is -1.34. The van der Waals surface area contributed by atoms with Crippen LogP contribution in [0.3, 0.4) is 0 Å². The fraction of sp³-hybridized carbons (Fsp3) is 0.455. The van der Waals surface area contributed by atoms with E-state index in [0.29, 0.717) is 5.56 Å². The fourth-order valence-corrected chi connectivity index (χ4v) is 1.25. The number of hydrogen-bond donors (Lipinski definition) is 2. The van der Waals surface area contributed by atoms with E-state index >= 15 is 0 Å². The zero-order valence-corrected chi connectivity index (χ0v) is 9.43. The predicted octanol–water partition coefficient (Wildman–Crippen LogP) is 2.20. The van der Waals surface area contributed by atoms with Gasteiger partial charge in [0.2, 0.25) is 0 Å². The fourth-order valence-electron chi connectivity index (χ4n) is 1.25. The van der Waals surface area contributed by atoms with E-state index in [4.69, 9.17) is 0 Å². The van der Waals surface area contributed by atoms with Crippen LogP contribution in [0.15, 0.2) is 18.2 Å². The lowest BCUT2D eigenvalue weighted by atomic mass is 10.2. The van der Waals surface area contributed by atoms with Crippen LogP contribution in [-0.2, 0) is 11.3 Å².